The van der Waals surface area contributed by atoms with E-state index < -0.39 is 0 Å². The highest BCUT2D eigenvalue weighted by Gasteiger charge is 2.14. The van der Waals surface area contributed by atoms with E-state index in [9.17, 15) is 0 Å². The molecule has 0 saturated carbocycles. The molecule has 2 aromatic rings. The monoisotopic (exact) mass is 297 g/mol. The van der Waals surface area contributed by atoms with Gasteiger partial charge in [-0.3, -0.25) is 0 Å². The number of para-hydroxylation sites is 1. The van der Waals surface area contributed by atoms with Gasteiger partial charge in [-0.1, -0.05) is 18.2 Å². The fourth-order valence-corrected chi connectivity index (χ4v) is 3.02. The number of ether oxygens (including phenoxy) is 1. The van der Waals surface area contributed by atoms with Crippen molar-refractivity contribution in [2.75, 3.05) is 20.2 Å². The molecule has 4 heteroatoms. The van der Waals surface area contributed by atoms with Gasteiger partial charge in [-0.15, -0.1) is 0 Å². The molecule has 1 N–H and O–H groups in total. The number of hydrogen-bond acceptors (Lipinski definition) is 4. The van der Waals surface area contributed by atoms with E-state index in [0.29, 0.717) is 0 Å². The number of aromatic nitrogens is 2. The van der Waals surface area contributed by atoms with Crippen LogP contribution in [0.4, 0.5) is 0 Å². The first kappa shape index (κ1) is 15.0. The van der Waals surface area contributed by atoms with Crippen LogP contribution in [0.3, 0.4) is 0 Å². The molecule has 0 amide bonds. The quantitative estimate of drug-likeness (QED) is 0.921. The molecular weight excluding hydrogens is 274 g/mol. The van der Waals surface area contributed by atoms with E-state index >= 15 is 0 Å². The van der Waals surface area contributed by atoms with Crippen LogP contribution in [-0.4, -0.2) is 30.4 Å². The van der Waals surface area contributed by atoms with Gasteiger partial charge in [0.05, 0.1) is 18.5 Å². The second-order valence-corrected chi connectivity index (χ2v) is 5.90. The fourth-order valence-electron chi connectivity index (χ4n) is 3.02. The largest absolute Gasteiger partial charge is 0.496 e. The van der Waals surface area contributed by atoms with Crippen molar-refractivity contribution in [1.29, 1.82) is 0 Å². The average Bonchev–Trinajstić information content (AvgIpc) is 2.58. The molecule has 1 aromatic carbocycles. The van der Waals surface area contributed by atoms with Crippen LogP contribution in [0.1, 0.15) is 29.8 Å². The second-order valence-electron chi connectivity index (χ2n) is 5.90. The van der Waals surface area contributed by atoms with E-state index in [1.54, 1.807) is 7.11 Å². The van der Waals surface area contributed by atoms with Gasteiger partial charge in [-0.2, -0.15) is 10.2 Å². The van der Waals surface area contributed by atoms with Crippen molar-refractivity contribution in [3.8, 4) is 5.75 Å². The van der Waals surface area contributed by atoms with Crippen LogP contribution in [0.5, 0.6) is 5.75 Å². The average molecular weight is 297 g/mol. The van der Waals surface area contributed by atoms with Crippen molar-refractivity contribution in [2.45, 2.75) is 25.7 Å². The Morgan fingerprint density at radius 3 is 2.50 bits per heavy atom. The van der Waals surface area contributed by atoms with E-state index in [0.717, 1.165) is 54.5 Å². The van der Waals surface area contributed by atoms with Crippen LogP contribution < -0.4 is 10.1 Å². The highest BCUT2D eigenvalue weighted by Crippen LogP contribution is 2.20. The topological polar surface area (TPSA) is 47.0 Å². The molecular formula is C18H23N3O. The number of nitrogens with zero attached hydrogens (tertiary/aromatic N) is 2. The predicted molar refractivity (Wildman–Crippen MR) is 87.1 cm³/mol. The lowest BCUT2D eigenvalue weighted by atomic mass is 9.93. The molecule has 0 atom stereocenters. The zero-order chi connectivity index (χ0) is 15.2. The van der Waals surface area contributed by atoms with Crippen LogP contribution in [-0.2, 0) is 12.8 Å². The standard InChI is InChI=1S/C18H23N3O/c1-22-18-5-3-2-4-15(18)13-17-7-6-16(20-21-17)12-14-8-10-19-11-9-14/h2-7,14,19H,8-13H2,1H3. The Kier molecular flexibility index (Phi) is 5.01. The van der Waals surface area contributed by atoms with Gasteiger partial charge in [0, 0.05) is 12.0 Å². The third-order valence-corrected chi connectivity index (χ3v) is 4.30. The van der Waals surface area contributed by atoms with Gasteiger partial charge in [0.1, 0.15) is 5.75 Å². The summed E-state index contributed by atoms with van der Waals surface area (Å²) in [5.74, 6) is 1.65. The van der Waals surface area contributed by atoms with Gasteiger partial charge >= 0.3 is 0 Å². The minimum absolute atomic E-state index is 0.746. The number of piperidine rings is 1. The molecule has 0 bridgehead atoms. The first-order chi connectivity index (χ1) is 10.8. The van der Waals surface area contributed by atoms with Gasteiger partial charge in [-0.25, -0.2) is 0 Å². The Morgan fingerprint density at radius 1 is 1.05 bits per heavy atom. The fraction of sp³-hybridized carbons (Fsp3) is 0.444. The maximum atomic E-state index is 5.39. The maximum absolute atomic E-state index is 5.39. The van der Waals surface area contributed by atoms with E-state index in [4.69, 9.17) is 4.74 Å². The molecule has 22 heavy (non-hydrogen) atoms. The Bertz CT molecular complexity index is 592. The number of rotatable bonds is 5. The molecule has 2 heterocycles. The summed E-state index contributed by atoms with van der Waals surface area (Å²) in [6.45, 7) is 2.26. The molecule has 0 unspecified atom stereocenters. The Labute approximate surface area is 131 Å². The Morgan fingerprint density at radius 2 is 1.77 bits per heavy atom. The van der Waals surface area contributed by atoms with Crippen LogP contribution in [0.25, 0.3) is 0 Å². The summed E-state index contributed by atoms with van der Waals surface area (Å²) in [6.07, 6.45) is 4.28. The molecule has 0 aliphatic carbocycles. The Hall–Kier alpha value is -1.94. The molecule has 116 valence electrons. The first-order valence-corrected chi connectivity index (χ1v) is 7.99. The summed E-state index contributed by atoms with van der Waals surface area (Å²) in [5, 5.41) is 12.2. The third-order valence-electron chi connectivity index (χ3n) is 4.30. The van der Waals surface area contributed by atoms with Gasteiger partial charge in [-0.05, 0) is 56.5 Å². The van der Waals surface area contributed by atoms with E-state index in [2.05, 4.69) is 33.7 Å². The summed E-state index contributed by atoms with van der Waals surface area (Å²) >= 11 is 0. The molecule has 0 spiro atoms. The first-order valence-electron chi connectivity index (χ1n) is 7.99. The molecule has 1 fully saturated rings. The lowest BCUT2D eigenvalue weighted by molar-refractivity contribution is 0.369. The van der Waals surface area contributed by atoms with E-state index in [1.807, 2.05) is 18.2 Å². The van der Waals surface area contributed by atoms with E-state index in [1.165, 1.54) is 12.8 Å². The lowest BCUT2D eigenvalue weighted by Crippen LogP contribution is -2.28. The second kappa shape index (κ2) is 7.36. The molecule has 0 radical (unpaired) electrons. The van der Waals surface area contributed by atoms with Crippen LogP contribution >= 0.6 is 0 Å². The smallest absolute Gasteiger partial charge is 0.122 e. The lowest BCUT2D eigenvalue weighted by Gasteiger charge is -2.21. The molecule has 1 aromatic heterocycles. The molecule has 1 aliphatic rings. The zero-order valence-corrected chi connectivity index (χ0v) is 13.1. The number of hydrogen-bond donors (Lipinski definition) is 1. The third kappa shape index (κ3) is 3.83. The Balaban J connectivity index is 1.63. The minimum Gasteiger partial charge on any atom is -0.496 e. The highest BCUT2D eigenvalue weighted by atomic mass is 16.5. The number of nitrogens with one attached hydrogen (secondary N) is 1. The molecule has 4 nitrogen and oxygen atoms in total. The van der Waals surface area contributed by atoms with Crippen molar-refractivity contribution in [1.82, 2.24) is 15.5 Å². The molecule has 1 saturated heterocycles. The van der Waals surface area contributed by atoms with Gasteiger partial charge in [0.2, 0.25) is 0 Å². The molecule has 1 aliphatic heterocycles. The van der Waals surface area contributed by atoms with Crippen molar-refractivity contribution in [3.63, 3.8) is 0 Å². The van der Waals surface area contributed by atoms with Crippen molar-refractivity contribution >= 4 is 0 Å². The van der Waals surface area contributed by atoms with Gasteiger partial charge < -0.3 is 10.1 Å². The normalized spacial score (nSPS) is 15.7. The number of benzene rings is 1. The van der Waals surface area contributed by atoms with Crippen LogP contribution in [0, 0.1) is 5.92 Å². The SMILES string of the molecule is COc1ccccc1Cc1ccc(CC2CCNCC2)nn1. The van der Waals surface area contributed by atoms with Crippen molar-refractivity contribution < 1.29 is 4.74 Å². The van der Waals surface area contributed by atoms with E-state index in [-0.39, 0.29) is 0 Å². The molecule has 3 rings (SSSR count). The summed E-state index contributed by atoms with van der Waals surface area (Å²) in [7, 11) is 1.70. The van der Waals surface area contributed by atoms with Crippen LogP contribution in [0.15, 0.2) is 36.4 Å². The summed E-state index contributed by atoms with van der Waals surface area (Å²) in [6, 6.07) is 12.3. The van der Waals surface area contributed by atoms with Gasteiger partial charge in [0.15, 0.2) is 0 Å². The predicted octanol–water partition coefficient (Wildman–Crippen LogP) is 2.62. The van der Waals surface area contributed by atoms with Crippen molar-refractivity contribution in [2.24, 2.45) is 5.92 Å². The van der Waals surface area contributed by atoms with Crippen molar-refractivity contribution in [3.05, 3.63) is 53.3 Å². The summed E-state index contributed by atoms with van der Waals surface area (Å²) in [4.78, 5) is 0. The highest BCUT2D eigenvalue weighted by molar-refractivity contribution is 5.35. The number of methoxy groups -OCH3 is 1. The summed E-state index contributed by atoms with van der Waals surface area (Å²) < 4.78 is 5.39. The summed E-state index contributed by atoms with van der Waals surface area (Å²) in [5.41, 5.74) is 3.24. The zero-order valence-electron chi connectivity index (χ0n) is 13.1. The van der Waals surface area contributed by atoms with Crippen LogP contribution in [0.2, 0.25) is 0 Å². The van der Waals surface area contributed by atoms with Gasteiger partial charge in [0.25, 0.3) is 0 Å². The minimum atomic E-state index is 0.746. The maximum Gasteiger partial charge on any atom is 0.122 e.